The minimum Gasteiger partial charge on any atom is -0.479 e. The van der Waals surface area contributed by atoms with Crippen molar-refractivity contribution in [1.29, 1.82) is 0 Å². The highest BCUT2D eigenvalue weighted by Crippen LogP contribution is 2.45. The van der Waals surface area contributed by atoms with Crippen molar-refractivity contribution in [2.24, 2.45) is 0 Å². The molecule has 2 aromatic rings. The van der Waals surface area contributed by atoms with E-state index in [0.29, 0.717) is 11.1 Å². The van der Waals surface area contributed by atoms with Gasteiger partial charge in [0, 0.05) is 18.5 Å². The normalized spacial score (nSPS) is 33.3. The standard InChI is InChI=1S/C25H28ClNO7/c1-27-9-8-13-10-16(26)18(33-25-22(30)20(28)21(29)23(34-25)24(31)32)11-15(13)19-14-5-3-2-4-12(14)6-7-17(19)27/h2-5,10-11,17,19-23,25,28-30H,6-9H2,1H3,(H,31,32)/t17?,19?,20-,21-,22+,23-,25+/m0/s1. The molecule has 2 unspecified atom stereocenters. The predicted molar refractivity (Wildman–Crippen MR) is 123 cm³/mol. The van der Waals surface area contributed by atoms with E-state index in [-0.39, 0.29) is 11.7 Å². The van der Waals surface area contributed by atoms with Crippen molar-refractivity contribution in [3.8, 4) is 5.75 Å². The van der Waals surface area contributed by atoms with Gasteiger partial charge in [-0.25, -0.2) is 4.79 Å². The van der Waals surface area contributed by atoms with E-state index in [2.05, 4.69) is 30.1 Å². The Morgan fingerprint density at radius 1 is 1.06 bits per heavy atom. The molecule has 0 spiro atoms. The number of carboxylic acid groups (broad SMARTS) is 1. The fraction of sp³-hybridized carbons (Fsp3) is 0.480. The number of carbonyl (C=O) groups is 1. The Labute approximate surface area is 202 Å². The molecule has 182 valence electrons. The second-order valence-corrected chi connectivity index (χ2v) is 9.75. The number of aryl methyl sites for hydroxylation is 1. The van der Waals surface area contributed by atoms with E-state index in [9.17, 15) is 25.2 Å². The van der Waals surface area contributed by atoms with Crippen LogP contribution in [0.5, 0.6) is 5.75 Å². The predicted octanol–water partition coefficient (Wildman–Crippen LogP) is 1.55. The topological polar surface area (TPSA) is 120 Å². The molecule has 1 fully saturated rings. The first kappa shape index (κ1) is 23.5. The van der Waals surface area contributed by atoms with Crippen LogP contribution in [0, 0.1) is 0 Å². The molecular weight excluding hydrogens is 462 g/mol. The number of aliphatic hydroxyl groups excluding tert-OH is 3. The van der Waals surface area contributed by atoms with E-state index in [0.717, 1.165) is 36.9 Å². The summed E-state index contributed by atoms with van der Waals surface area (Å²) in [5, 5.41) is 40.1. The summed E-state index contributed by atoms with van der Waals surface area (Å²) in [4.78, 5) is 13.8. The zero-order valence-electron chi connectivity index (χ0n) is 18.7. The molecule has 1 saturated heterocycles. The molecule has 2 aromatic carbocycles. The van der Waals surface area contributed by atoms with Gasteiger partial charge in [0.25, 0.3) is 0 Å². The van der Waals surface area contributed by atoms with Gasteiger partial charge >= 0.3 is 5.97 Å². The number of likely N-dealkylation sites (N-methyl/N-ethyl adjacent to an activating group) is 1. The van der Waals surface area contributed by atoms with Crippen molar-refractivity contribution in [2.75, 3.05) is 13.6 Å². The largest absolute Gasteiger partial charge is 0.479 e. The van der Waals surface area contributed by atoms with Crippen molar-refractivity contribution in [2.45, 2.75) is 61.9 Å². The summed E-state index contributed by atoms with van der Waals surface area (Å²) in [6.07, 6.45) is -5.61. The number of aliphatic hydroxyl groups is 3. The first-order valence-electron chi connectivity index (χ1n) is 11.5. The first-order valence-corrected chi connectivity index (χ1v) is 11.8. The summed E-state index contributed by atoms with van der Waals surface area (Å²) in [5.74, 6) is -1.14. The molecule has 0 radical (unpaired) electrons. The summed E-state index contributed by atoms with van der Waals surface area (Å²) >= 11 is 6.55. The summed E-state index contributed by atoms with van der Waals surface area (Å²) in [6, 6.07) is 12.4. The number of nitrogens with zero attached hydrogens (tertiary/aromatic N) is 1. The van der Waals surface area contributed by atoms with Gasteiger partial charge in [0.2, 0.25) is 6.29 Å². The SMILES string of the molecule is CN1CCc2cc(Cl)c(O[C@@H]3O[C@H](C(=O)O)[C@@H](O)[C@H](O)[C@H]3O)cc2C2c3ccccc3CCC21. The highest BCUT2D eigenvalue weighted by atomic mass is 35.5. The van der Waals surface area contributed by atoms with Crippen molar-refractivity contribution in [3.63, 3.8) is 0 Å². The number of ether oxygens (including phenoxy) is 2. The van der Waals surface area contributed by atoms with Crippen molar-refractivity contribution in [1.82, 2.24) is 4.90 Å². The molecule has 1 aliphatic carbocycles. The van der Waals surface area contributed by atoms with E-state index < -0.39 is 36.7 Å². The zero-order chi connectivity index (χ0) is 24.1. The van der Waals surface area contributed by atoms with Gasteiger partial charge in [-0.2, -0.15) is 0 Å². The molecule has 2 aliphatic heterocycles. The quantitative estimate of drug-likeness (QED) is 0.512. The summed E-state index contributed by atoms with van der Waals surface area (Å²) in [7, 11) is 2.14. The number of carboxylic acids is 1. The number of benzene rings is 2. The molecule has 2 heterocycles. The average Bonchev–Trinajstić information content (AvgIpc) is 2.96. The molecule has 5 rings (SSSR count). The zero-order valence-corrected chi connectivity index (χ0v) is 19.4. The lowest BCUT2D eigenvalue weighted by Gasteiger charge is -2.39. The fourth-order valence-corrected chi connectivity index (χ4v) is 5.77. The molecule has 0 saturated carbocycles. The lowest BCUT2D eigenvalue weighted by molar-refractivity contribution is -0.271. The lowest BCUT2D eigenvalue weighted by atomic mass is 9.74. The smallest absolute Gasteiger partial charge is 0.335 e. The Morgan fingerprint density at radius 2 is 1.82 bits per heavy atom. The van der Waals surface area contributed by atoms with Gasteiger partial charge < -0.3 is 34.8 Å². The number of halogens is 1. The third-order valence-electron chi connectivity index (χ3n) is 7.37. The van der Waals surface area contributed by atoms with Gasteiger partial charge in [0.15, 0.2) is 6.10 Å². The minimum absolute atomic E-state index is 0.100. The van der Waals surface area contributed by atoms with Crippen LogP contribution < -0.4 is 4.74 Å². The molecule has 0 bridgehead atoms. The number of fused-ring (bicyclic) bond motifs is 5. The molecular formula is C25H28ClNO7. The molecule has 4 N–H and O–H groups in total. The molecule has 9 heteroatoms. The Kier molecular flexibility index (Phi) is 6.31. The molecule has 7 atom stereocenters. The number of hydrogen-bond acceptors (Lipinski definition) is 7. The first-order chi connectivity index (χ1) is 16.3. The number of aliphatic carboxylic acids is 1. The van der Waals surface area contributed by atoms with Crippen LogP contribution in [0.3, 0.4) is 0 Å². The molecule has 3 aliphatic rings. The van der Waals surface area contributed by atoms with Gasteiger partial charge in [-0.15, -0.1) is 0 Å². The maximum atomic E-state index is 11.5. The minimum atomic E-state index is -1.79. The van der Waals surface area contributed by atoms with Crippen molar-refractivity contribution < 1.29 is 34.7 Å². The summed E-state index contributed by atoms with van der Waals surface area (Å²) < 4.78 is 11.1. The highest BCUT2D eigenvalue weighted by molar-refractivity contribution is 6.32. The van der Waals surface area contributed by atoms with Gasteiger partial charge in [0.1, 0.15) is 24.1 Å². The van der Waals surface area contributed by atoms with Crippen molar-refractivity contribution in [3.05, 3.63) is 63.7 Å². The van der Waals surface area contributed by atoms with Crippen LogP contribution in [0.25, 0.3) is 0 Å². The van der Waals surface area contributed by atoms with Gasteiger partial charge in [-0.1, -0.05) is 35.9 Å². The van der Waals surface area contributed by atoms with E-state index in [4.69, 9.17) is 21.1 Å². The average molecular weight is 490 g/mol. The van der Waals surface area contributed by atoms with Gasteiger partial charge in [-0.3, -0.25) is 0 Å². The van der Waals surface area contributed by atoms with Crippen LogP contribution >= 0.6 is 11.6 Å². The number of rotatable bonds is 3. The number of hydrogen-bond donors (Lipinski definition) is 4. The third-order valence-corrected chi connectivity index (χ3v) is 7.66. The van der Waals surface area contributed by atoms with Gasteiger partial charge in [0.05, 0.1) is 5.02 Å². The van der Waals surface area contributed by atoms with E-state index in [1.54, 1.807) is 0 Å². The second-order valence-electron chi connectivity index (χ2n) is 9.35. The van der Waals surface area contributed by atoms with Crippen LogP contribution in [-0.4, -0.2) is 81.6 Å². The molecule has 34 heavy (non-hydrogen) atoms. The van der Waals surface area contributed by atoms with E-state index in [1.165, 1.54) is 11.1 Å². The van der Waals surface area contributed by atoms with Crippen LogP contribution in [0.1, 0.15) is 34.6 Å². The van der Waals surface area contributed by atoms with Crippen LogP contribution in [0.15, 0.2) is 36.4 Å². The monoisotopic (exact) mass is 489 g/mol. The Bertz CT molecular complexity index is 1090. The molecule has 8 nitrogen and oxygen atoms in total. The maximum absolute atomic E-state index is 11.5. The Morgan fingerprint density at radius 3 is 2.59 bits per heavy atom. The molecule has 0 aromatic heterocycles. The second kappa shape index (κ2) is 9.11. The fourth-order valence-electron chi connectivity index (χ4n) is 5.54. The summed E-state index contributed by atoms with van der Waals surface area (Å²) in [6.45, 7) is 0.891. The van der Waals surface area contributed by atoms with Crippen LogP contribution in [-0.2, 0) is 22.4 Å². The summed E-state index contributed by atoms with van der Waals surface area (Å²) in [5.41, 5.74) is 4.76. The lowest BCUT2D eigenvalue weighted by Crippen LogP contribution is -2.61. The van der Waals surface area contributed by atoms with Crippen molar-refractivity contribution >= 4 is 17.6 Å². The van der Waals surface area contributed by atoms with E-state index in [1.807, 2.05) is 18.2 Å². The van der Waals surface area contributed by atoms with Crippen LogP contribution in [0.2, 0.25) is 5.02 Å². The van der Waals surface area contributed by atoms with Crippen LogP contribution in [0.4, 0.5) is 0 Å². The third kappa shape index (κ3) is 3.98. The van der Waals surface area contributed by atoms with Gasteiger partial charge in [-0.05, 0) is 60.7 Å². The Hall–Kier alpha value is -2.20. The maximum Gasteiger partial charge on any atom is 0.335 e. The highest BCUT2D eigenvalue weighted by Gasteiger charge is 2.48. The van der Waals surface area contributed by atoms with E-state index >= 15 is 0 Å². The molecule has 0 amide bonds. The Balaban J connectivity index is 1.53.